The average molecular weight is 343 g/mol. The highest BCUT2D eigenvalue weighted by molar-refractivity contribution is 6.07. The molecule has 1 saturated heterocycles. The summed E-state index contributed by atoms with van der Waals surface area (Å²) >= 11 is 0. The largest absolute Gasteiger partial charge is 0.449 e. The van der Waals surface area contributed by atoms with E-state index in [4.69, 9.17) is 4.74 Å². The minimum atomic E-state index is -0.700. The molecule has 0 bridgehead atoms. The molecule has 0 N–H and O–H groups in total. The molecule has 1 spiro atoms. The molecular weight excluding hydrogens is 326 g/mol. The van der Waals surface area contributed by atoms with E-state index in [1.165, 1.54) is 0 Å². The summed E-state index contributed by atoms with van der Waals surface area (Å²) in [4.78, 5) is 27.2. The van der Waals surface area contributed by atoms with Crippen LogP contribution in [-0.2, 0) is 10.3 Å². The van der Waals surface area contributed by atoms with Crippen LogP contribution in [0, 0.1) is 0 Å². The van der Waals surface area contributed by atoms with Crippen LogP contribution in [0.15, 0.2) is 66.7 Å². The van der Waals surface area contributed by atoms with Crippen molar-refractivity contribution in [3.63, 3.8) is 0 Å². The van der Waals surface area contributed by atoms with Crippen LogP contribution >= 0.6 is 0 Å². The maximum atomic E-state index is 13.2. The van der Waals surface area contributed by atoms with Gasteiger partial charge in [-0.3, -0.25) is 4.79 Å². The van der Waals surface area contributed by atoms with Gasteiger partial charge >= 0.3 is 5.97 Å². The molecule has 5 rings (SSSR count). The first kappa shape index (κ1) is 15.1. The van der Waals surface area contributed by atoms with Gasteiger partial charge in [-0.05, 0) is 22.9 Å². The molecule has 128 valence electrons. The Labute approximate surface area is 151 Å². The second-order valence-electron chi connectivity index (χ2n) is 6.93. The highest BCUT2D eigenvalue weighted by Crippen LogP contribution is 2.43. The van der Waals surface area contributed by atoms with E-state index in [2.05, 4.69) is 0 Å². The van der Waals surface area contributed by atoms with Crippen LogP contribution in [0.25, 0.3) is 10.8 Å². The van der Waals surface area contributed by atoms with Gasteiger partial charge in [-0.25, -0.2) is 4.79 Å². The smallest absolute Gasteiger partial charge is 0.339 e. The quantitative estimate of drug-likeness (QED) is 0.632. The van der Waals surface area contributed by atoms with Crippen LogP contribution in [0.2, 0.25) is 0 Å². The van der Waals surface area contributed by atoms with Gasteiger partial charge in [0, 0.05) is 24.1 Å². The highest BCUT2D eigenvalue weighted by Gasteiger charge is 2.50. The number of amides is 1. The van der Waals surface area contributed by atoms with Crippen LogP contribution in [-0.4, -0.2) is 29.9 Å². The molecule has 2 aliphatic rings. The number of hydrogen-bond donors (Lipinski definition) is 0. The van der Waals surface area contributed by atoms with E-state index in [1.54, 1.807) is 11.0 Å². The van der Waals surface area contributed by atoms with Crippen molar-refractivity contribution in [3.05, 3.63) is 83.4 Å². The van der Waals surface area contributed by atoms with Crippen LogP contribution in [0.4, 0.5) is 0 Å². The number of esters is 1. The Balaban J connectivity index is 1.50. The number of rotatable bonds is 1. The summed E-state index contributed by atoms with van der Waals surface area (Å²) in [5.74, 6) is -0.306. The molecular formula is C22H17NO3. The Morgan fingerprint density at radius 3 is 2.65 bits per heavy atom. The van der Waals surface area contributed by atoms with E-state index in [-0.39, 0.29) is 11.9 Å². The van der Waals surface area contributed by atoms with Crippen molar-refractivity contribution >= 4 is 22.6 Å². The fraction of sp³-hybridized carbons (Fsp3) is 0.182. The lowest BCUT2D eigenvalue weighted by Crippen LogP contribution is -2.34. The minimum absolute atomic E-state index is 0.0147. The van der Waals surface area contributed by atoms with Crippen molar-refractivity contribution in [3.8, 4) is 0 Å². The average Bonchev–Trinajstić information content (AvgIpc) is 3.23. The van der Waals surface area contributed by atoms with Crippen molar-refractivity contribution in [2.75, 3.05) is 13.1 Å². The van der Waals surface area contributed by atoms with E-state index < -0.39 is 5.60 Å². The Kier molecular flexibility index (Phi) is 3.16. The Hall–Kier alpha value is -3.14. The van der Waals surface area contributed by atoms with Crippen LogP contribution in [0.5, 0.6) is 0 Å². The van der Waals surface area contributed by atoms with Crippen molar-refractivity contribution < 1.29 is 14.3 Å². The summed E-state index contributed by atoms with van der Waals surface area (Å²) < 4.78 is 5.75. The summed E-state index contributed by atoms with van der Waals surface area (Å²) in [5, 5.41) is 2.00. The molecule has 4 heteroatoms. The molecule has 3 aromatic carbocycles. The maximum Gasteiger partial charge on any atom is 0.339 e. The van der Waals surface area contributed by atoms with E-state index in [0.29, 0.717) is 30.6 Å². The lowest BCUT2D eigenvalue weighted by Gasteiger charge is -2.24. The topological polar surface area (TPSA) is 46.6 Å². The maximum absolute atomic E-state index is 13.2. The zero-order valence-electron chi connectivity index (χ0n) is 14.1. The monoisotopic (exact) mass is 343 g/mol. The van der Waals surface area contributed by atoms with Gasteiger partial charge in [-0.15, -0.1) is 0 Å². The second kappa shape index (κ2) is 5.43. The second-order valence-corrected chi connectivity index (χ2v) is 6.93. The molecule has 0 aromatic heterocycles. The number of carbonyl (C=O) groups excluding carboxylic acids is 2. The lowest BCUT2D eigenvalue weighted by atomic mass is 9.91. The molecule has 0 aliphatic carbocycles. The molecule has 1 fully saturated rings. The highest BCUT2D eigenvalue weighted by atomic mass is 16.6. The summed E-state index contributed by atoms with van der Waals surface area (Å²) in [6.07, 6.45) is 0.631. The number of carbonyl (C=O) groups is 2. The standard InChI is InChI=1S/C22H17NO3/c24-20(17-10-5-7-15-6-1-2-8-16(15)17)23-13-12-22(14-23)19-11-4-3-9-18(19)21(25)26-22/h1-11H,12-14H2/t22-/m0/s1. The minimum Gasteiger partial charge on any atom is -0.449 e. The van der Waals surface area contributed by atoms with Gasteiger partial charge in [0.1, 0.15) is 0 Å². The Morgan fingerprint density at radius 1 is 0.962 bits per heavy atom. The van der Waals surface area contributed by atoms with Gasteiger partial charge in [0.2, 0.25) is 0 Å². The van der Waals surface area contributed by atoms with E-state index in [0.717, 1.165) is 16.3 Å². The molecule has 2 aliphatic heterocycles. The molecule has 0 unspecified atom stereocenters. The molecule has 1 amide bonds. The van der Waals surface area contributed by atoms with Crippen molar-refractivity contribution in [2.45, 2.75) is 12.0 Å². The molecule has 0 saturated carbocycles. The lowest BCUT2D eigenvalue weighted by molar-refractivity contribution is -0.00305. The number of hydrogen-bond acceptors (Lipinski definition) is 3. The van der Waals surface area contributed by atoms with Crippen molar-refractivity contribution in [2.24, 2.45) is 0 Å². The normalized spacial score (nSPS) is 21.2. The Bertz CT molecular complexity index is 1050. The summed E-state index contributed by atoms with van der Waals surface area (Å²) in [5.41, 5.74) is 1.51. The predicted octanol–water partition coefficient (Wildman–Crippen LogP) is 3.75. The third-order valence-corrected chi connectivity index (χ3v) is 5.46. The predicted molar refractivity (Wildman–Crippen MR) is 98.0 cm³/mol. The van der Waals surface area contributed by atoms with E-state index >= 15 is 0 Å². The molecule has 0 radical (unpaired) electrons. The SMILES string of the molecule is O=C1O[C@]2(CCN(C(=O)c3cccc4ccccc34)C2)c2ccccc21. The first-order valence-electron chi connectivity index (χ1n) is 8.78. The van der Waals surface area contributed by atoms with Gasteiger partial charge in [0.25, 0.3) is 5.91 Å². The fourth-order valence-corrected chi connectivity index (χ4v) is 4.19. The molecule has 4 nitrogen and oxygen atoms in total. The van der Waals surface area contributed by atoms with E-state index in [9.17, 15) is 9.59 Å². The van der Waals surface area contributed by atoms with Crippen molar-refractivity contribution in [1.29, 1.82) is 0 Å². The first-order chi connectivity index (χ1) is 12.7. The first-order valence-corrected chi connectivity index (χ1v) is 8.78. The summed E-state index contributed by atoms with van der Waals surface area (Å²) in [6, 6.07) is 21.2. The fourth-order valence-electron chi connectivity index (χ4n) is 4.19. The number of fused-ring (bicyclic) bond motifs is 3. The summed E-state index contributed by atoms with van der Waals surface area (Å²) in [7, 11) is 0. The number of nitrogens with zero attached hydrogens (tertiary/aromatic N) is 1. The molecule has 3 aromatic rings. The van der Waals surface area contributed by atoms with Gasteiger partial charge in [0.05, 0.1) is 12.1 Å². The summed E-state index contributed by atoms with van der Waals surface area (Å²) in [6.45, 7) is 0.974. The number of likely N-dealkylation sites (tertiary alicyclic amines) is 1. The van der Waals surface area contributed by atoms with Gasteiger partial charge < -0.3 is 9.64 Å². The number of ether oxygens (including phenoxy) is 1. The zero-order valence-corrected chi connectivity index (χ0v) is 14.1. The van der Waals surface area contributed by atoms with Gasteiger partial charge in [0.15, 0.2) is 5.60 Å². The zero-order chi connectivity index (χ0) is 17.7. The van der Waals surface area contributed by atoms with Crippen LogP contribution < -0.4 is 0 Å². The van der Waals surface area contributed by atoms with Gasteiger partial charge in [-0.1, -0.05) is 54.6 Å². The molecule has 26 heavy (non-hydrogen) atoms. The molecule has 1 atom stereocenters. The Morgan fingerprint density at radius 2 is 1.73 bits per heavy atom. The molecule has 2 heterocycles. The van der Waals surface area contributed by atoms with E-state index in [1.807, 2.05) is 60.7 Å². The van der Waals surface area contributed by atoms with Gasteiger partial charge in [-0.2, -0.15) is 0 Å². The van der Waals surface area contributed by atoms with Crippen molar-refractivity contribution in [1.82, 2.24) is 4.90 Å². The van der Waals surface area contributed by atoms with Crippen LogP contribution in [0.3, 0.4) is 0 Å². The van der Waals surface area contributed by atoms with Crippen LogP contribution in [0.1, 0.15) is 32.7 Å². The number of benzene rings is 3. The third kappa shape index (κ3) is 2.08. The third-order valence-electron chi connectivity index (χ3n) is 5.46.